The third-order valence-electron chi connectivity index (χ3n) is 7.46. The number of amides is 2. The number of aliphatic hydroxyl groups is 2. The quantitative estimate of drug-likeness (QED) is 0.657. The Kier molecular flexibility index (Phi) is 5.56. The molecule has 0 spiro atoms. The first-order chi connectivity index (χ1) is 16.6. The summed E-state index contributed by atoms with van der Waals surface area (Å²) in [6.07, 6.45) is 3.63. The summed E-state index contributed by atoms with van der Waals surface area (Å²) in [5, 5.41) is 24.4. The molecule has 4 heterocycles. The highest BCUT2D eigenvalue weighted by molar-refractivity contribution is 6.02. The Morgan fingerprint density at radius 1 is 1.20 bits per heavy atom. The van der Waals surface area contributed by atoms with E-state index in [9.17, 15) is 19.8 Å². The second-order valence-corrected chi connectivity index (χ2v) is 10.3. The molecule has 3 aliphatic heterocycles. The van der Waals surface area contributed by atoms with E-state index < -0.39 is 29.8 Å². The summed E-state index contributed by atoms with van der Waals surface area (Å²) in [7, 11) is 1.60. The van der Waals surface area contributed by atoms with E-state index in [1.807, 2.05) is 45.9 Å². The van der Waals surface area contributed by atoms with Gasteiger partial charge in [-0.3, -0.25) is 14.5 Å². The topological polar surface area (TPSA) is 95.2 Å². The first-order valence-electron chi connectivity index (χ1n) is 12.1. The Morgan fingerprint density at radius 2 is 1.94 bits per heavy atom. The van der Waals surface area contributed by atoms with E-state index in [1.165, 1.54) is 9.80 Å². The molecule has 5 rings (SSSR count). The average molecular weight is 480 g/mol. The molecule has 0 aliphatic carbocycles. The number of aliphatic hydroxyl groups excluding tert-OH is 1. The zero-order valence-electron chi connectivity index (χ0n) is 20.9. The van der Waals surface area contributed by atoms with Crippen molar-refractivity contribution >= 4 is 22.7 Å². The van der Waals surface area contributed by atoms with E-state index in [4.69, 9.17) is 4.74 Å². The number of benzene rings is 1. The van der Waals surface area contributed by atoms with Crippen molar-refractivity contribution in [3.05, 3.63) is 52.8 Å². The van der Waals surface area contributed by atoms with Crippen LogP contribution >= 0.6 is 0 Å². The molecule has 2 amide bonds. The fourth-order valence-corrected chi connectivity index (χ4v) is 5.88. The maximum Gasteiger partial charge on any atom is 0.279 e. The molecule has 2 N–H and O–H groups in total. The lowest BCUT2D eigenvalue weighted by atomic mass is 9.82. The normalized spacial score (nSPS) is 27.5. The van der Waals surface area contributed by atoms with Crippen LogP contribution in [0.15, 0.2) is 41.5 Å². The Bertz CT molecular complexity index is 1280. The fraction of sp³-hybridized carbons (Fsp3) is 0.481. The van der Waals surface area contributed by atoms with E-state index in [-0.39, 0.29) is 5.91 Å². The van der Waals surface area contributed by atoms with Crippen LogP contribution in [0.5, 0.6) is 5.75 Å². The highest BCUT2D eigenvalue weighted by Gasteiger charge is 2.65. The molecule has 2 saturated heterocycles. The Balaban J connectivity index is 1.86. The maximum absolute atomic E-state index is 13.8. The van der Waals surface area contributed by atoms with Crippen molar-refractivity contribution in [3.8, 4) is 5.75 Å². The molecule has 1 aromatic carbocycles. The van der Waals surface area contributed by atoms with Crippen LogP contribution in [0.2, 0.25) is 0 Å². The summed E-state index contributed by atoms with van der Waals surface area (Å²) in [5.41, 5.74) is 1.67. The summed E-state index contributed by atoms with van der Waals surface area (Å²) >= 11 is 0. The molecule has 1 unspecified atom stereocenters. The molecular weight excluding hydrogens is 446 g/mol. The number of fused-ring (bicyclic) bond motifs is 5. The van der Waals surface area contributed by atoms with Gasteiger partial charge in [-0.25, -0.2) is 0 Å². The third kappa shape index (κ3) is 3.27. The zero-order chi connectivity index (χ0) is 25.2. The molecule has 186 valence electrons. The minimum absolute atomic E-state index is 0.326. The first kappa shape index (κ1) is 23.6. The van der Waals surface area contributed by atoms with Crippen LogP contribution < -0.4 is 4.74 Å². The van der Waals surface area contributed by atoms with E-state index >= 15 is 0 Å². The molecule has 0 bridgehead atoms. The largest absolute Gasteiger partial charge is 0.497 e. The van der Waals surface area contributed by atoms with Crippen LogP contribution in [-0.2, 0) is 16.1 Å². The number of allylic oxidation sites excluding steroid dienone is 3. The van der Waals surface area contributed by atoms with Crippen molar-refractivity contribution in [1.82, 2.24) is 14.4 Å². The van der Waals surface area contributed by atoms with Crippen LogP contribution in [0.3, 0.4) is 0 Å². The van der Waals surface area contributed by atoms with Crippen molar-refractivity contribution in [1.29, 1.82) is 0 Å². The summed E-state index contributed by atoms with van der Waals surface area (Å²) in [4.78, 5) is 30.2. The van der Waals surface area contributed by atoms with Gasteiger partial charge in [0.1, 0.15) is 17.9 Å². The summed E-state index contributed by atoms with van der Waals surface area (Å²) in [6.45, 7) is 8.79. The van der Waals surface area contributed by atoms with Gasteiger partial charge in [0, 0.05) is 30.1 Å². The van der Waals surface area contributed by atoms with E-state index in [1.54, 1.807) is 13.2 Å². The van der Waals surface area contributed by atoms with Gasteiger partial charge in [0.15, 0.2) is 0 Å². The molecule has 4 atom stereocenters. The molecule has 3 aliphatic rings. The predicted molar refractivity (Wildman–Crippen MR) is 132 cm³/mol. The summed E-state index contributed by atoms with van der Waals surface area (Å²) in [5.74, 6) is -0.278. The number of carbonyl (C=O) groups excluding carboxylic acids is 2. The van der Waals surface area contributed by atoms with Crippen molar-refractivity contribution in [3.63, 3.8) is 0 Å². The molecule has 0 radical (unpaired) electrons. The number of ether oxygens (including phenoxy) is 1. The second-order valence-electron chi connectivity index (χ2n) is 10.3. The highest BCUT2D eigenvalue weighted by Crippen LogP contribution is 2.52. The molecule has 2 aromatic rings. The van der Waals surface area contributed by atoms with Gasteiger partial charge in [-0.05, 0) is 52.7 Å². The van der Waals surface area contributed by atoms with Crippen LogP contribution in [0.4, 0.5) is 0 Å². The number of piperazine rings is 1. The van der Waals surface area contributed by atoms with Crippen molar-refractivity contribution in [2.75, 3.05) is 13.7 Å². The van der Waals surface area contributed by atoms with Gasteiger partial charge in [0.25, 0.3) is 11.6 Å². The lowest BCUT2D eigenvalue weighted by Crippen LogP contribution is -2.74. The van der Waals surface area contributed by atoms with Gasteiger partial charge in [0.2, 0.25) is 5.91 Å². The monoisotopic (exact) mass is 479 g/mol. The maximum atomic E-state index is 13.8. The van der Waals surface area contributed by atoms with Crippen LogP contribution in [0.1, 0.15) is 63.9 Å². The van der Waals surface area contributed by atoms with E-state index in [0.717, 1.165) is 22.0 Å². The van der Waals surface area contributed by atoms with E-state index in [2.05, 4.69) is 10.6 Å². The molecule has 1 aromatic heterocycles. The molecule has 35 heavy (non-hydrogen) atoms. The van der Waals surface area contributed by atoms with E-state index in [0.29, 0.717) is 42.9 Å². The number of rotatable bonds is 4. The fourth-order valence-electron chi connectivity index (χ4n) is 5.88. The van der Waals surface area contributed by atoms with Gasteiger partial charge >= 0.3 is 0 Å². The lowest BCUT2D eigenvalue weighted by Gasteiger charge is -2.54. The Hall–Kier alpha value is -3.10. The molecule has 2 fully saturated rings. The number of methoxy groups -OCH3 is 1. The minimum atomic E-state index is -2.38. The van der Waals surface area contributed by atoms with Crippen LogP contribution in [-0.4, -0.2) is 61.8 Å². The predicted octanol–water partition coefficient (Wildman–Crippen LogP) is 3.19. The van der Waals surface area contributed by atoms with Gasteiger partial charge < -0.3 is 24.4 Å². The SMILES string of the molecule is COc1ccc2c3c(n(CC=C(C)C)c2c1)[C@H](C=C(C)C)N1C(=O)C2CCCN2C(=O)[C@]1(O)[C@H]3O. The number of carbonyl (C=O) groups is 2. The number of hydrogen-bond acceptors (Lipinski definition) is 5. The van der Waals surface area contributed by atoms with Crippen LogP contribution in [0, 0.1) is 0 Å². The number of aromatic nitrogens is 1. The second kappa shape index (κ2) is 8.24. The van der Waals surface area contributed by atoms with Gasteiger partial charge in [0.05, 0.1) is 24.4 Å². The first-order valence-corrected chi connectivity index (χ1v) is 12.1. The molecule has 8 nitrogen and oxygen atoms in total. The molecular formula is C27H33N3O5. The Labute approximate surface area is 205 Å². The minimum Gasteiger partial charge on any atom is -0.497 e. The van der Waals surface area contributed by atoms with Gasteiger partial charge in [-0.15, -0.1) is 0 Å². The van der Waals surface area contributed by atoms with Crippen molar-refractivity contribution in [2.24, 2.45) is 0 Å². The van der Waals surface area contributed by atoms with Crippen molar-refractivity contribution in [2.45, 2.75) is 71.0 Å². The third-order valence-corrected chi connectivity index (χ3v) is 7.46. The molecule has 0 saturated carbocycles. The smallest absolute Gasteiger partial charge is 0.279 e. The number of hydrogen-bond donors (Lipinski definition) is 2. The summed E-state index contributed by atoms with van der Waals surface area (Å²) < 4.78 is 7.54. The highest BCUT2D eigenvalue weighted by atomic mass is 16.5. The zero-order valence-corrected chi connectivity index (χ0v) is 20.9. The van der Waals surface area contributed by atoms with Crippen LogP contribution in [0.25, 0.3) is 10.9 Å². The van der Waals surface area contributed by atoms with Gasteiger partial charge in [-0.1, -0.05) is 23.3 Å². The average Bonchev–Trinajstić information content (AvgIpc) is 3.42. The number of nitrogens with zero attached hydrogens (tertiary/aromatic N) is 3. The Morgan fingerprint density at radius 3 is 2.60 bits per heavy atom. The standard InChI is InChI=1S/C27H33N3O5/c1-15(2)10-12-28-20-14-17(35-5)8-9-18(20)22-23(28)21(13-16(3)4)30-25(32)19-7-6-11-29(19)26(33)27(30,34)24(22)31/h8-10,13-14,19,21,24,31,34H,6-7,11-12H2,1-5H3/t19?,21-,24-,27+/m0/s1. The summed E-state index contributed by atoms with van der Waals surface area (Å²) in [6, 6.07) is 4.22. The van der Waals surface area contributed by atoms with Crippen molar-refractivity contribution < 1.29 is 24.5 Å². The lowest BCUT2D eigenvalue weighted by molar-refractivity contribution is -0.229. The van der Waals surface area contributed by atoms with Gasteiger partial charge in [-0.2, -0.15) is 0 Å². The molecule has 8 heteroatoms.